The third-order valence-electron chi connectivity index (χ3n) is 2.22. The lowest BCUT2D eigenvalue weighted by molar-refractivity contribution is 0.0568. The summed E-state index contributed by atoms with van der Waals surface area (Å²) in [4.78, 5) is 0. The van der Waals surface area contributed by atoms with Crippen LogP contribution in [0.1, 0.15) is 26.2 Å². The summed E-state index contributed by atoms with van der Waals surface area (Å²) in [6, 6.07) is 0. The zero-order chi connectivity index (χ0) is 8.65. The number of rotatable bonds is 4. The average Bonchev–Trinajstić information content (AvgIpc) is 2.14. The molecule has 0 bridgehead atoms. The molecule has 12 heavy (non-hydrogen) atoms. The van der Waals surface area contributed by atoms with Crippen LogP contribution in [0.5, 0.6) is 0 Å². The van der Waals surface area contributed by atoms with Gasteiger partial charge in [-0.2, -0.15) is 0 Å². The van der Waals surface area contributed by atoms with Crippen LogP contribution in [-0.2, 0) is 9.47 Å². The van der Waals surface area contributed by atoms with Gasteiger partial charge >= 0.3 is 0 Å². The fraction of sp³-hybridized carbons (Fsp3) is 0.800. The monoisotopic (exact) mass is 170 g/mol. The first-order chi connectivity index (χ1) is 5.93. The molecule has 0 aromatic carbocycles. The Bertz CT molecular complexity index is 126. The van der Waals surface area contributed by atoms with Crippen LogP contribution in [0.15, 0.2) is 12.3 Å². The van der Waals surface area contributed by atoms with E-state index in [0.717, 1.165) is 25.7 Å². The van der Waals surface area contributed by atoms with Crippen LogP contribution in [0.4, 0.5) is 0 Å². The van der Waals surface area contributed by atoms with E-state index in [0.29, 0.717) is 0 Å². The van der Waals surface area contributed by atoms with Crippen LogP contribution in [-0.4, -0.2) is 19.8 Å². The first-order valence-corrected chi connectivity index (χ1v) is 4.74. The minimum Gasteiger partial charge on any atom is -0.502 e. The van der Waals surface area contributed by atoms with Gasteiger partial charge < -0.3 is 9.47 Å². The van der Waals surface area contributed by atoms with Gasteiger partial charge in [0.2, 0.25) is 0 Å². The lowest BCUT2D eigenvalue weighted by atomic mass is 9.97. The van der Waals surface area contributed by atoms with E-state index in [1.54, 1.807) is 6.26 Å². The summed E-state index contributed by atoms with van der Waals surface area (Å²) >= 11 is 0. The Balaban J connectivity index is 1.97. The molecule has 0 spiro atoms. The molecule has 1 rings (SSSR count). The van der Waals surface area contributed by atoms with Gasteiger partial charge in [-0.15, -0.1) is 0 Å². The van der Waals surface area contributed by atoms with Crippen LogP contribution in [0, 0.1) is 5.92 Å². The van der Waals surface area contributed by atoms with Gasteiger partial charge in [0.15, 0.2) is 0 Å². The molecule has 0 atom stereocenters. The highest BCUT2D eigenvalue weighted by Gasteiger charge is 2.12. The Hall–Kier alpha value is -0.500. The fourth-order valence-corrected chi connectivity index (χ4v) is 1.43. The van der Waals surface area contributed by atoms with Gasteiger partial charge in [-0.3, -0.25) is 0 Å². The second-order valence-corrected chi connectivity index (χ2v) is 3.18. The highest BCUT2D eigenvalue weighted by molar-refractivity contribution is 4.67. The van der Waals surface area contributed by atoms with Crippen molar-refractivity contribution in [1.29, 1.82) is 0 Å². The van der Waals surface area contributed by atoms with Crippen molar-refractivity contribution in [3.63, 3.8) is 0 Å². The maximum absolute atomic E-state index is 5.27. The summed E-state index contributed by atoms with van der Waals surface area (Å²) in [6.07, 6.45) is 7.27. The molecule has 1 heterocycles. The van der Waals surface area contributed by atoms with Crippen LogP contribution in [0.25, 0.3) is 0 Å². The third kappa shape index (κ3) is 3.77. The topological polar surface area (TPSA) is 18.5 Å². The molecule has 0 unspecified atom stereocenters. The predicted octanol–water partition coefficient (Wildman–Crippen LogP) is 2.35. The maximum Gasteiger partial charge on any atom is 0.0875 e. The summed E-state index contributed by atoms with van der Waals surface area (Å²) in [5.41, 5.74) is 0. The van der Waals surface area contributed by atoms with Gasteiger partial charge in [-0.25, -0.2) is 0 Å². The van der Waals surface area contributed by atoms with Gasteiger partial charge in [-0.1, -0.05) is 6.08 Å². The van der Waals surface area contributed by atoms with Crippen molar-refractivity contribution in [2.24, 2.45) is 5.92 Å². The minimum absolute atomic E-state index is 0.823. The van der Waals surface area contributed by atoms with Crippen molar-refractivity contribution in [1.82, 2.24) is 0 Å². The Morgan fingerprint density at radius 1 is 1.42 bits per heavy atom. The zero-order valence-electron chi connectivity index (χ0n) is 7.79. The quantitative estimate of drug-likeness (QED) is 0.476. The molecule has 0 radical (unpaired) electrons. The zero-order valence-corrected chi connectivity index (χ0v) is 7.79. The van der Waals surface area contributed by atoms with Gasteiger partial charge in [0.1, 0.15) is 0 Å². The van der Waals surface area contributed by atoms with Gasteiger partial charge in [0, 0.05) is 13.2 Å². The summed E-state index contributed by atoms with van der Waals surface area (Å²) < 4.78 is 10.5. The molecule has 2 nitrogen and oxygen atoms in total. The minimum atomic E-state index is 0.823. The van der Waals surface area contributed by atoms with Gasteiger partial charge in [0.25, 0.3) is 0 Å². The molecule has 70 valence electrons. The van der Waals surface area contributed by atoms with E-state index in [9.17, 15) is 0 Å². The van der Waals surface area contributed by atoms with Crippen LogP contribution in [0.2, 0.25) is 0 Å². The van der Waals surface area contributed by atoms with Crippen molar-refractivity contribution >= 4 is 0 Å². The summed E-state index contributed by atoms with van der Waals surface area (Å²) in [5.74, 6) is 0.823. The van der Waals surface area contributed by atoms with E-state index in [1.807, 2.05) is 13.0 Å². The van der Waals surface area contributed by atoms with Crippen molar-refractivity contribution in [2.75, 3.05) is 19.8 Å². The molecule has 0 aromatic heterocycles. The SMILES string of the molecule is C/C=C/OCCC1CCOCC1. The first-order valence-electron chi connectivity index (χ1n) is 4.74. The van der Waals surface area contributed by atoms with E-state index in [4.69, 9.17) is 9.47 Å². The molecular weight excluding hydrogens is 152 g/mol. The Kier molecular flexibility index (Phi) is 4.85. The van der Waals surface area contributed by atoms with E-state index in [1.165, 1.54) is 19.3 Å². The van der Waals surface area contributed by atoms with Crippen molar-refractivity contribution in [3.05, 3.63) is 12.3 Å². The highest BCUT2D eigenvalue weighted by Crippen LogP contribution is 2.17. The molecule has 0 saturated carbocycles. The molecule has 1 aliphatic rings. The lowest BCUT2D eigenvalue weighted by Gasteiger charge is -2.21. The van der Waals surface area contributed by atoms with Crippen molar-refractivity contribution in [2.45, 2.75) is 26.2 Å². The second-order valence-electron chi connectivity index (χ2n) is 3.18. The Morgan fingerprint density at radius 3 is 2.83 bits per heavy atom. The van der Waals surface area contributed by atoms with E-state index >= 15 is 0 Å². The van der Waals surface area contributed by atoms with E-state index < -0.39 is 0 Å². The number of hydrogen-bond acceptors (Lipinski definition) is 2. The predicted molar refractivity (Wildman–Crippen MR) is 48.9 cm³/mol. The van der Waals surface area contributed by atoms with Crippen LogP contribution >= 0.6 is 0 Å². The van der Waals surface area contributed by atoms with Crippen molar-refractivity contribution in [3.8, 4) is 0 Å². The molecule has 0 N–H and O–H groups in total. The Morgan fingerprint density at radius 2 is 2.17 bits per heavy atom. The maximum atomic E-state index is 5.27. The first kappa shape index (κ1) is 9.59. The molecule has 0 amide bonds. The normalized spacial score (nSPS) is 20.1. The summed E-state index contributed by atoms with van der Waals surface area (Å²) in [5, 5.41) is 0. The number of ether oxygens (including phenoxy) is 2. The van der Waals surface area contributed by atoms with Crippen LogP contribution in [0.3, 0.4) is 0 Å². The number of hydrogen-bond donors (Lipinski definition) is 0. The molecular formula is C10H18O2. The molecule has 2 heteroatoms. The van der Waals surface area contributed by atoms with E-state index in [2.05, 4.69) is 0 Å². The third-order valence-corrected chi connectivity index (χ3v) is 2.22. The smallest absolute Gasteiger partial charge is 0.0875 e. The Labute approximate surface area is 74.6 Å². The molecule has 1 aliphatic heterocycles. The van der Waals surface area contributed by atoms with Crippen molar-refractivity contribution < 1.29 is 9.47 Å². The largest absolute Gasteiger partial charge is 0.502 e. The summed E-state index contributed by atoms with van der Waals surface area (Å²) in [7, 11) is 0. The molecule has 0 aromatic rings. The molecule has 1 fully saturated rings. The fourth-order valence-electron chi connectivity index (χ4n) is 1.43. The van der Waals surface area contributed by atoms with Gasteiger partial charge in [-0.05, 0) is 32.1 Å². The standard InChI is InChI=1S/C10H18O2/c1-2-6-11-7-3-10-4-8-12-9-5-10/h2,6,10H,3-5,7-9H2,1H3/b6-2+. The summed E-state index contributed by atoms with van der Waals surface area (Å²) in [6.45, 7) is 4.70. The van der Waals surface area contributed by atoms with E-state index in [-0.39, 0.29) is 0 Å². The van der Waals surface area contributed by atoms with Gasteiger partial charge in [0.05, 0.1) is 12.9 Å². The highest BCUT2D eigenvalue weighted by atomic mass is 16.5. The van der Waals surface area contributed by atoms with Crippen LogP contribution < -0.4 is 0 Å². The molecule has 0 aliphatic carbocycles. The lowest BCUT2D eigenvalue weighted by Crippen LogP contribution is -2.16. The number of allylic oxidation sites excluding steroid dienone is 1. The molecule has 1 saturated heterocycles. The second kappa shape index (κ2) is 6.06. The average molecular weight is 170 g/mol.